The highest BCUT2D eigenvalue weighted by Crippen LogP contribution is 2.35. The van der Waals surface area contributed by atoms with Crippen LogP contribution in [0.2, 0.25) is 0 Å². The molecule has 3 rings (SSSR count). The fourth-order valence-corrected chi connectivity index (χ4v) is 3.78. The van der Waals surface area contributed by atoms with Crippen molar-refractivity contribution in [1.29, 1.82) is 0 Å². The average Bonchev–Trinajstić information content (AvgIpc) is 2.95. The molecule has 0 radical (unpaired) electrons. The third-order valence-corrected chi connectivity index (χ3v) is 5.25. The summed E-state index contributed by atoms with van der Waals surface area (Å²) in [6, 6.07) is 6.01. The van der Waals surface area contributed by atoms with Gasteiger partial charge in [-0.3, -0.25) is 4.98 Å². The summed E-state index contributed by atoms with van der Waals surface area (Å²) in [7, 11) is 0. The maximum atomic E-state index is 10.4. The Kier molecular flexibility index (Phi) is 6.29. The molecule has 1 saturated carbocycles. The molecule has 6 nitrogen and oxygen atoms in total. The second kappa shape index (κ2) is 8.66. The van der Waals surface area contributed by atoms with Gasteiger partial charge in [0.05, 0.1) is 6.10 Å². The molecule has 2 heterocycles. The monoisotopic (exact) mass is 356 g/mol. The topological polar surface area (TPSA) is 91.2 Å². The fourth-order valence-electron chi connectivity index (χ4n) is 3.78. The van der Waals surface area contributed by atoms with Crippen LogP contribution < -0.4 is 5.32 Å². The first-order chi connectivity index (χ1) is 12.6. The molecule has 3 N–H and O–H groups in total. The van der Waals surface area contributed by atoms with E-state index in [1.54, 1.807) is 12.4 Å². The van der Waals surface area contributed by atoms with Gasteiger partial charge in [-0.15, -0.1) is 0 Å². The van der Waals surface area contributed by atoms with Crippen LogP contribution in [0.15, 0.2) is 36.8 Å². The lowest BCUT2D eigenvalue weighted by molar-refractivity contribution is 0.0716. The first kappa shape index (κ1) is 18.9. The third-order valence-electron chi connectivity index (χ3n) is 5.25. The van der Waals surface area contributed by atoms with Gasteiger partial charge in [-0.05, 0) is 36.5 Å². The van der Waals surface area contributed by atoms with Crippen molar-refractivity contribution < 1.29 is 10.2 Å². The van der Waals surface area contributed by atoms with Crippen molar-refractivity contribution >= 4 is 0 Å². The maximum absolute atomic E-state index is 10.4. The van der Waals surface area contributed by atoms with Gasteiger partial charge in [-0.2, -0.15) is 0 Å². The number of nitrogens with one attached hydrogen (secondary N) is 1. The summed E-state index contributed by atoms with van der Waals surface area (Å²) < 4.78 is 0. The molecule has 0 bridgehead atoms. The van der Waals surface area contributed by atoms with Crippen molar-refractivity contribution in [2.24, 2.45) is 11.8 Å². The Morgan fingerprint density at radius 2 is 2.08 bits per heavy atom. The largest absolute Gasteiger partial charge is 0.396 e. The van der Waals surface area contributed by atoms with Crippen molar-refractivity contribution in [1.82, 2.24) is 20.3 Å². The van der Waals surface area contributed by atoms with Gasteiger partial charge < -0.3 is 15.5 Å². The number of pyridine rings is 1. The van der Waals surface area contributed by atoms with E-state index in [0.717, 1.165) is 23.5 Å². The first-order valence-electron chi connectivity index (χ1n) is 9.31. The Hall–Kier alpha value is -1.89. The normalized spacial score (nSPS) is 25.7. The van der Waals surface area contributed by atoms with E-state index in [2.05, 4.69) is 34.1 Å². The Morgan fingerprint density at radius 3 is 2.77 bits per heavy atom. The minimum Gasteiger partial charge on any atom is -0.396 e. The zero-order chi connectivity index (χ0) is 18.5. The summed E-state index contributed by atoms with van der Waals surface area (Å²) in [5.41, 5.74) is 2.08. The average molecular weight is 356 g/mol. The Bertz CT molecular complexity index is 695. The standard InChI is InChI=1S/C20H28N4O2/c1-13(2)20-22-7-5-15(24-20)8-16-17(12-25)19(26)9-18(16)23-11-14-4-3-6-21-10-14/h3-7,10,13,16-19,23,25-26H,8-9,11-12H2,1-2H3/t16-,17-,18-,19-/m1/s1. The summed E-state index contributed by atoms with van der Waals surface area (Å²) in [5, 5.41) is 23.7. The lowest BCUT2D eigenvalue weighted by Crippen LogP contribution is -2.36. The number of rotatable bonds is 7. The van der Waals surface area contributed by atoms with Crippen molar-refractivity contribution in [3.05, 3.63) is 53.9 Å². The van der Waals surface area contributed by atoms with Crippen molar-refractivity contribution in [3.63, 3.8) is 0 Å². The molecule has 1 fully saturated rings. The molecule has 2 aromatic rings. The van der Waals surface area contributed by atoms with E-state index < -0.39 is 6.10 Å². The molecule has 2 aromatic heterocycles. The molecule has 4 atom stereocenters. The minimum atomic E-state index is -0.497. The van der Waals surface area contributed by atoms with Crippen molar-refractivity contribution in [3.8, 4) is 0 Å². The number of hydrogen-bond acceptors (Lipinski definition) is 6. The lowest BCUT2D eigenvalue weighted by atomic mass is 9.88. The van der Waals surface area contributed by atoms with Gasteiger partial charge in [0, 0.05) is 55.3 Å². The summed E-state index contributed by atoms with van der Waals surface area (Å²) in [5.74, 6) is 1.10. The van der Waals surface area contributed by atoms with E-state index in [1.165, 1.54) is 0 Å². The highest BCUT2D eigenvalue weighted by Gasteiger charge is 2.42. The van der Waals surface area contributed by atoms with E-state index >= 15 is 0 Å². The quantitative estimate of drug-likeness (QED) is 0.699. The fraction of sp³-hybridized carbons (Fsp3) is 0.550. The predicted molar refractivity (Wildman–Crippen MR) is 99.4 cm³/mol. The van der Waals surface area contributed by atoms with E-state index in [0.29, 0.717) is 13.0 Å². The zero-order valence-electron chi connectivity index (χ0n) is 15.4. The molecule has 0 amide bonds. The third kappa shape index (κ3) is 4.44. The molecular weight excluding hydrogens is 328 g/mol. The van der Waals surface area contributed by atoms with Gasteiger partial charge in [0.1, 0.15) is 5.82 Å². The van der Waals surface area contributed by atoms with Crippen LogP contribution in [0.5, 0.6) is 0 Å². The Morgan fingerprint density at radius 1 is 1.23 bits per heavy atom. The van der Waals surface area contributed by atoms with E-state index in [-0.39, 0.29) is 30.4 Å². The second-order valence-electron chi connectivity index (χ2n) is 7.43. The second-order valence-corrected chi connectivity index (χ2v) is 7.43. The molecule has 0 spiro atoms. The number of nitrogens with zero attached hydrogens (tertiary/aromatic N) is 3. The summed E-state index contributed by atoms with van der Waals surface area (Å²) in [6.07, 6.45) is 6.26. The highest BCUT2D eigenvalue weighted by molar-refractivity contribution is 5.11. The van der Waals surface area contributed by atoms with E-state index in [4.69, 9.17) is 0 Å². The minimum absolute atomic E-state index is 0.0149. The van der Waals surface area contributed by atoms with Crippen LogP contribution in [-0.2, 0) is 13.0 Å². The van der Waals surface area contributed by atoms with Crippen LogP contribution in [0.25, 0.3) is 0 Å². The van der Waals surface area contributed by atoms with Gasteiger partial charge in [0.15, 0.2) is 0 Å². The van der Waals surface area contributed by atoms with E-state index in [1.807, 2.05) is 24.4 Å². The number of hydrogen-bond donors (Lipinski definition) is 3. The lowest BCUT2D eigenvalue weighted by Gasteiger charge is -2.25. The number of aromatic nitrogens is 3. The number of aliphatic hydroxyl groups is 2. The molecule has 0 aromatic carbocycles. The van der Waals surface area contributed by atoms with Crippen LogP contribution in [0, 0.1) is 11.8 Å². The summed E-state index contributed by atoms with van der Waals surface area (Å²) in [4.78, 5) is 13.1. The Balaban J connectivity index is 1.73. The Labute approximate surface area is 154 Å². The molecule has 0 saturated heterocycles. The zero-order valence-corrected chi connectivity index (χ0v) is 15.4. The van der Waals surface area contributed by atoms with Gasteiger partial charge in [-0.25, -0.2) is 9.97 Å². The van der Waals surface area contributed by atoms with Gasteiger partial charge in [0.2, 0.25) is 0 Å². The molecular formula is C20H28N4O2. The molecule has 0 aliphatic heterocycles. The molecule has 1 aliphatic rings. The van der Waals surface area contributed by atoms with Crippen LogP contribution >= 0.6 is 0 Å². The first-order valence-corrected chi connectivity index (χ1v) is 9.31. The van der Waals surface area contributed by atoms with Crippen LogP contribution in [-0.4, -0.2) is 43.9 Å². The predicted octanol–water partition coefficient (Wildman–Crippen LogP) is 1.69. The molecule has 140 valence electrons. The van der Waals surface area contributed by atoms with Crippen LogP contribution in [0.1, 0.15) is 43.3 Å². The van der Waals surface area contributed by atoms with Crippen molar-refractivity contribution in [2.75, 3.05) is 6.61 Å². The van der Waals surface area contributed by atoms with Gasteiger partial charge in [0.25, 0.3) is 0 Å². The van der Waals surface area contributed by atoms with E-state index in [9.17, 15) is 10.2 Å². The molecule has 0 unspecified atom stereocenters. The molecule has 6 heteroatoms. The highest BCUT2D eigenvalue weighted by atomic mass is 16.3. The molecule has 26 heavy (non-hydrogen) atoms. The van der Waals surface area contributed by atoms with Crippen LogP contribution in [0.3, 0.4) is 0 Å². The maximum Gasteiger partial charge on any atom is 0.131 e. The smallest absolute Gasteiger partial charge is 0.131 e. The van der Waals surface area contributed by atoms with Gasteiger partial charge in [-0.1, -0.05) is 19.9 Å². The summed E-state index contributed by atoms with van der Waals surface area (Å²) >= 11 is 0. The number of aliphatic hydroxyl groups excluding tert-OH is 2. The molecule has 1 aliphatic carbocycles. The summed E-state index contributed by atoms with van der Waals surface area (Å²) in [6.45, 7) is 4.83. The van der Waals surface area contributed by atoms with Crippen molar-refractivity contribution in [2.45, 2.75) is 51.3 Å². The van der Waals surface area contributed by atoms with Gasteiger partial charge >= 0.3 is 0 Å². The van der Waals surface area contributed by atoms with Crippen LogP contribution in [0.4, 0.5) is 0 Å². The SMILES string of the molecule is CC(C)c1nccc(C[C@@H]2[C@@H](CO)[C@H](O)C[C@H]2NCc2cccnc2)n1.